The number of ether oxygens (including phenoxy) is 4. The predicted molar refractivity (Wildman–Crippen MR) is 132 cm³/mol. The van der Waals surface area contributed by atoms with Crippen molar-refractivity contribution in [2.45, 2.75) is 19.4 Å². The van der Waals surface area contributed by atoms with Gasteiger partial charge in [-0.05, 0) is 49.7 Å². The molecule has 1 unspecified atom stereocenters. The van der Waals surface area contributed by atoms with E-state index in [1.807, 2.05) is 6.92 Å². The molecule has 4 rings (SSSR count). The van der Waals surface area contributed by atoms with Gasteiger partial charge in [-0.15, -0.1) is 0 Å². The number of rotatable bonds is 10. The van der Waals surface area contributed by atoms with E-state index in [1.54, 1.807) is 61.6 Å². The van der Waals surface area contributed by atoms with Gasteiger partial charge in [-0.25, -0.2) is 9.97 Å². The highest BCUT2D eigenvalue weighted by Crippen LogP contribution is 2.28. The fourth-order valence-electron chi connectivity index (χ4n) is 3.49. The number of likely N-dealkylation sites (tertiary alicyclic amines) is 1. The Bertz CT molecular complexity index is 1200. The molecule has 188 valence electrons. The SMILES string of the molecule is COCC(C)Oc1cc(Oc2cnc(C(=O)N3CCC3)cn2)cc(C(=O)Nc2ccc(OC)cc2)c1. The minimum Gasteiger partial charge on any atom is -0.497 e. The van der Waals surface area contributed by atoms with Gasteiger partial charge in [-0.3, -0.25) is 9.59 Å². The number of anilines is 1. The van der Waals surface area contributed by atoms with E-state index in [1.165, 1.54) is 12.4 Å². The lowest BCUT2D eigenvalue weighted by molar-refractivity contribution is 0.0645. The zero-order chi connectivity index (χ0) is 25.5. The van der Waals surface area contributed by atoms with E-state index in [0.29, 0.717) is 35.1 Å². The number of aromatic nitrogens is 2. The molecule has 1 fully saturated rings. The van der Waals surface area contributed by atoms with Crippen LogP contribution in [0.2, 0.25) is 0 Å². The summed E-state index contributed by atoms with van der Waals surface area (Å²) < 4.78 is 22.1. The largest absolute Gasteiger partial charge is 0.497 e. The summed E-state index contributed by atoms with van der Waals surface area (Å²) in [6, 6.07) is 11.8. The molecule has 2 heterocycles. The molecule has 10 nitrogen and oxygen atoms in total. The molecule has 1 atom stereocenters. The van der Waals surface area contributed by atoms with Gasteiger partial charge in [0, 0.05) is 37.5 Å². The highest BCUT2D eigenvalue weighted by molar-refractivity contribution is 6.04. The van der Waals surface area contributed by atoms with Crippen molar-refractivity contribution in [2.75, 3.05) is 39.2 Å². The first kappa shape index (κ1) is 24.9. The number of hydrogen-bond donors (Lipinski definition) is 1. The molecular formula is C26H28N4O6. The standard InChI is InChI=1S/C26H28N4O6/c1-17(16-33-2)35-21-11-18(25(31)29-19-5-7-20(34-3)8-6-19)12-22(13-21)36-24-15-27-23(14-28-24)26(32)30-9-4-10-30/h5-8,11-15,17H,4,9-10,16H2,1-3H3,(H,29,31). The summed E-state index contributed by atoms with van der Waals surface area (Å²) in [6.07, 6.45) is 3.50. The third-order valence-electron chi connectivity index (χ3n) is 5.44. The smallest absolute Gasteiger partial charge is 0.274 e. The summed E-state index contributed by atoms with van der Waals surface area (Å²) >= 11 is 0. The summed E-state index contributed by atoms with van der Waals surface area (Å²) in [5.74, 6) is 1.11. The summed E-state index contributed by atoms with van der Waals surface area (Å²) in [5.41, 5.74) is 1.18. The molecule has 0 bridgehead atoms. The number of hydrogen-bond acceptors (Lipinski definition) is 8. The number of amides is 2. The van der Waals surface area contributed by atoms with E-state index in [-0.39, 0.29) is 29.5 Å². The summed E-state index contributed by atoms with van der Waals surface area (Å²) in [6.45, 7) is 3.69. The molecule has 10 heteroatoms. The van der Waals surface area contributed by atoms with Gasteiger partial charge in [0.2, 0.25) is 5.88 Å². The van der Waals surface area contributed by atoms with Crippen LogP contribution in [0.25, 0.3) is 0 Å². The average Bonchev–Trinajstić information content (AvgIpc) is 2.84. The zero-order valence-electron chi connectivity index (χ0n) is 20.4. The lowest BCUT2D eigenvalue weighted by atomic mass is 10.1. The first-order chi connectivity index (χ1) is 17.4. The molecule has 1 N–H and O–H groups in total. The Labute approximate surface area is 209 Å². The van der Waals surface area contributed by atoms with Gasteiger partial charge < -0.3 is 29.2 Å². The van der Waals surface area contributed by atoms with Crippen molar-refractivity contribution >= 4 is 17.5 Å². The monoisotopic (exact) mass is 492 g/mol. The van der Waals surface area contributed by atoms with Crippen LogP contribution in [0.4, 0.5) is 5.69 Å². The Morgan fingerprint density at radius 2 is 1.75 bits per heavy atom. The molecule has 1 aliphatic rings. The maximum atomic E-state index is 13.0. The van der Waals surface area contributed by atoms with E-state index in [4.69, 9.17) is 18.9 Å². The average molecular weight is 493 g/mol. The third-order valence-corrected chi connectivity index (χ3v) is 5.44. The van der Waals surface area contributed by atoms with Crippen LogP contribution < -0.4 is 19.5 Å². The first-order valence-corrected chi connectivity index (χ1v) is 11.5. The molecule has 36 heavy (non-hydrogen) atoms. The molecule has 0 spiro atoms. The molecule has 3 aromatic rings. The minimum atomic E-state index is -0.351. The minimum absolute atomic E-state index is 0.152. The number of carbonyl (C=O) groups excluding carboxylic acids is 2. The van der Waals surface area contributed by atoms with E-state index in [0.717, 1.165) is 19.5 Å². The molecule has 0 radical (unpaired) electrons. The fourth-order valence-corrected chi connectivity index (χ4v) is 3.49. The second kappa shape index (κ2) is 11.5. The molecule has 1 aromatic heterocycles. The van der Waals surface area contributed by atoms with Crippen molar-refractivity contribution in [1.29, 1.82) is 0 Å². The molecule has 1 aliphatic heterocycles. The van der Waals surface area contributed by atoms with Gasteiger partial charge in [0.05, 0.1) is 26.1 Å². The second-order valence-corrected chi connectivity index (χ2v) is 8.25. The van der Waals surface area contributed by atoms with Crippen LogP contribution in [0.15, 0.2) is 54.9 Å². The van der Waals surface area contributed by atoms with Gasteiger partial charge >= 0.3 is 0 Å². The van der Waals surface area contributed by atoms with Crippen molar-refractivity contribution in [3.63, 3.8) is 0 Å². The van der Waals surface area contributed by atoms with Gasteiger partial charge in [0.15, 0.2) is 0 Å². The summed E-state index contributed by atoms with van der Waals surface area (Å²) in [4.78, 5) is 35.4. The third kappa shape index (κ3) is 6.28. The number of methoxy groups -OCH3 is 2. The second-order valence-electron chi connectivity index (χ2n) is 8.25. The lowest BCUT2D eigenvalue weighted by Gasteiger charge is -2.30. The van der Waals surface area contributed by atoms with Gasteiger partial charge in [0.1, 0.15) is 29.0 Å². The molecule has 0 saturated carbocycles. The normalized spacial score (nSPS) is 13.4. The van der Waals surface area contributed by atoms with Crippen molar-refractivity contribution in [3.8, 4) is 23.1 Å². The summed E-state index contributed by atoms with van der Waals surface area (Å²) in [7, 11) is 3.16. The van der Waals surface area contributed by atoms with Gasteiger partial charge in [-0.1, -0.05) is 0 Å². The topological polar surface area (TPSA) is 112 Å². The van der Waals surface area contributed by atoms with E-state index >= 15 is 0 Å². The lowest BCUT2D eigenvalue weighted by Crippen LogP contribution is -2.42. The van der Waals surface area contributed by atoms with Crippen LogP contribution in [0.5, 0.6) is 23.1 Å². The predicted octanol–water partition coefficient (Wildman–Crippen LogP) is 3.79. The van der Waals surface area contributed by atoms with E-state index < -0.39 is 0 Å². The van der Waals surface area contributed by atoms with Crippen molar-refractivity contribution < 1.29 is 28.5 Å². The van der Waals surface area contributed by atoms with E-state index in [9.17, 15) is 9.59 Å². The number of nitrogens with one attached hydrogen (secondary N) is 1. The quantitative estimate of drug-likeness (QED) is 0.455. The Hall–Kier alpha value is -4.18. The Morgan fingerprint density at radius 3 is 2.36 bits per heavy atom. The number of carbonyl (C=O) groups is 2. The van der Waals surface area contributed by atoms with Crippen LogP contribution in [0.1, 0.15) is 34.2 Å². The summed E-state index contributed by atoms with van der Waals surface area (Å²) in [5, 5.41) is 2.85. The molecule has 1 saturated heterocycles. The highest BCUT2D eigenvalue weighted by Gasteiger charge is 2.23. The Kier molecular flexibility index (Phi) is 7.96. The van der Waals surface area contributed by atoms with Crippen LogP contribution in [-0.4, -0.2) is 66.7 Å². The zero-order valence-corrected chi connectivity index (χ0v) is 20.4. The molecule has 0 aliphatic carbocycles. The Morgan fingerprint density at radius 1 is 1.00 bits per heavy atom. The fraction of sp³-hybridized carbons (Fsp3) is 0.308. The maximum Gasteiger partial charge on any atom is 0.274 e. The van der Waals surface area contributed by atoms with Crippen LogP contribution in [0.3, 0.4) is 0 Å². The van der Waals surface area contributed by atoms with Crippen molar-refractivity contribution in [1.82, 2.24) is 14.9 Å². The number of nitrogens with zero attached hydrogens (tertiary/aromatic N) is 3. The highest BCUT2D eigenvalue weighted by atomic mass is 16.5. The van der Waals surface area contributed by atoms with Crippen molar-refractivity contribution in [2.24, 2.45) is 0 Å². The molecule has 2 aromatic carbocycles. The van der Waals surface area contributed by atoms with Gasteiger partial charge in [-0.2, -0.15) is 0 Å². The maximum absolute atomic E-state index is 13.0. The van der Waals surface area contributed by atoms with E-state index in [2.05, 4.69) is 15.3 Å². The molecular weight excluding hydrogens is 464 g/mol. The van der Waals surface area contributed by atoms with Crippen LogP contribution in [0, 0.1) is 0 Å². The van der Waals surface area contributed by atoms with Crippen molar-refractivity contribution in [3.05, 3.63) is 66.1 Å². The first-order valence-electron chi connectivity index (χ1n) is 11.5. The van der Waals surface area contributed by atoms with Crippen LogP contribution >= 0.6 is 0 Å². The van der Waals surface area contributed by atoms with Gasteiger partial charge in [0.25, 0.3) is 11.8 Å². The number of benzene rings is 2. The molecule has 2 amide bonds. The Balaban J connectivity index is 1.53. The van der Waals surface area contributed by atoms with Crippen LogP contribution in [-0.2, 0) is 4.74 Å².